The number of phenols is 1. The Labute approximate surface area is 119 Å². The van der Waals surface area contributed by atoms with E-state index < -0.39 is 11.4 Å². The summed E-state index contributed by atoms with van der Waals surface area (Å²) in [6, 6.07) is 4.88. The summed E-state index contributed by atoms with van der Waals surface area (Å²) in [5.41, 5.74) is -0.0593. The molecule has 1 heterocycles. The lowest BCUT2D eigenvalue weighted by Gasteiger charge is -2.54. The van der Waals surface area contributed by atoms with Gasteiger partial charge in [0.1, 0.15) is 5.60 Å². The first-order valence-corrected chi connectivity index (χ1v) is 7.31. The second kappa shape index (κ2) is 5.01. The van der Waals surface area contributed by atoms with Crippen LogP contribution in [0.15, 0.2) is 18.2 Å². The Kier molecular flexibility index (Phi) is 3.46. The maximum atomic E-state index is 14.5. The van der Waals surface area contributed by atoms with Crippen molar-refractivity contribution in [1.82, 2.24) is 4.90 Å². The number of hydrogen-bond acceptors (Lipinski definition) is 3. The summed E-state index contributed by atoms with van der Waals surface area (Å²) < 4.78 is 20.4. The molecule has 1 saturated carbocycles. The van der Waals surface area contributed by atoms with Gasteiger partial charge in [0.15, 0.2) is 11.6 Å². The Morgan fingerprint density at radius 1 is 1.30 bits per heavy atom. The van der Waals surface area contributed by atoms with Gasteiger partial charge in [-0.2, -0.15) is 0 Å². The molecule has 1 aromatic carbocycles. The van der Waals surface area contributed by atoms with Crippen molar-refractivity contribution >= 4 is 0 Å². The number of aromatic hydroxyl groups is 1. The van der Waals surface area contributed by atoms with Gasteiger partial charge in [0, 0.05) is 37.6 Å². The number of phenolic OH excluding ortho intramolecular Hbond substituents is 1. The molecule has 3 nitrogen and oxygen atoms in total. The van der Waals surface area contributed by atoms with Crippen LogP contribution in [0.1, 0.15) is 24.8 Å². The first-order chi connectivity index (χ1) is 9.59. The second-order valence-corrected chi connectivity index (χ2v) is 6.18. The summed E-state index contributed by atoms with van der Waals surface area (Å²) in [6.07, 6.45) is 3.27. The van der Waals surface area contributed by atoms with E-state index in [2.05, 4.69) is 11.9 Å². The van der Waals surface area contributed by atoms with Crippen molar-refractivity contribution in [2.24, 2.45) is 11.8 Å². The molecule has 1 saturated heterocycles. The van der Waals surface area contributed by atoms with Crippen LogP contribution in [0.25, 0.3) is 0 Å². The molecule has 0 aromatic heterocycles. The fraction of sp³-hybridized carbons (Fsp3) is 0.625. The maximum absolute atomic E-state index is 14.5. The highest BCUT2D eigenvalue weighted by Gasteiger charge is 2.53. The third-order valence-electron chi connectivity index (χ3n) is 5.12. The molecule has 2 bridgehead atoms. The van der Waals surface area contributed by atoms with Crippen molar-refractivity contribution in [3.05, 3.63) is 29.6 Å². The zero-order chi connectivity index (χ0) is 14.3. The monoisotopic (exact) mass is 279 g/mol. The zero-order valence-electron chi connectivity index (χ0n) is 12.1. The van der Waals surface area contributed by atoms with Gasteiger partial charge >= 0.3 is 0 Å². The van der Waals surface area contributed by atoms with E-state index >= 15 is 0 Å². The number of fused-ring (bicyclic) bond motifs is 2. The van der Waals surface area contributed by atoms with Gasteiger partial charge in [-0.1, -0.05) is 18.6 Å². The number of methoxy groups -OCH3 is 1. The van der Waals surface area contributed by atoms with Crippen LogP contribution in [0.5, 0.6) is 5.75 Å². The summed E-state index contributed by atoms with van der Waals surface area (Å²) in [6.45, 7) is 1.83. The number of nitrogens with zero attached hydrogens (tertiary/aromatic N) is 1. The lowest BCUT2D eigenvalue weighted by atomic mass is 9.62. The normalized spacial score (nSPS) is 34.1. The largest absolute Gasteiger partial charge is 0.505 e. The average molecular weight is 279 g/mol. The number of halogens is 1. The molecule has 4 heteroatoms. The van der Waals surface area contributed by atoms with Gasteiger partial charge in [0.2, 0.25) is 0 Å². The smallest absolute Gasteiger partial charge is 0.170 e. The minimum absolute atomic E-state index is 0.279. The Balaban J connectivity index is 2.13. The average Bonchev–Trinajstić information content (AvgIpc) is 2.41. The predicted octanol–water partition coefficient (Wildman–Crippen LogP) is 2.73. The first-order valence-electron chi connectivity index (χ1n) is 7.31. The first kappa shape index (κ1) is 13.8. The SMILES string of the molecule is CO[C@@]1(c2cccc(O)c2F)[C@@H]2CCC[C@H]1CN(C)C2. The third kappa shape index (κ3) is 1.85. The molecule has 20 heavy (non-hydrogen) atoms. The van der Waals surface area contributed by atoms with Crippen molar-refractivity contribution in [1.29, 1.82) is 0 Å². The highest BCUT2D eigenvalue weighted by atomic mass is 19.1. The van der Waals surface area contributed by atoms with E-state index in [9.17, 15) is 9.50 Å². The molecule has 1 aliphatic heterocycles. The van der Waals surface area contributed by atoms with Crippen molar-refractivity contribution in [3.8, 4) is 5.75 Å². The van der Waals surface area contributed by atoms with Gasteiger partial charge < -0.3 is 14.7 Å². The molecule has 0 unspecified atom stereocenters. The fourth-order valence-electron chi connectivity index (χ4n) is 4.36. The summed E-state index contributed by atoms with van der Waals surface area (Å²) in [5, 5.41) is 9.71. The van der Waals surface area contributed by atoms with E-state index in [0.717, 1.165) is 25.9 Å². The number of piperidine rings is 1. The highest BCUT2D eigenvalue weighted by Crippen LogP contribution is 2.52. The van der Waals surface area contributed by atoms with Crippen LogP contribution in [0.4, 0.5) is 4.39 Å². The van der Waals surface area contributed by atoms with Gasteiger partial charge in [0.25, 0.3) is 0 Å². The lowest BCUT2D eigenvalue weighted by molar-refractivity contribution is -0.167. The quantitative estimate of drug-likeness (QED) is 0.903. The molecule has 3 atom stereocenters. The Morgan fingerprint density at radius 2 is 1.95 bits per heavy atom. The maximum Gasteiger partial charge on any atom is 0.170 e. The Hall–Kier alpha value is -1.13. The Morgan fingerprint density at radius 3 is 2.55 bits per heavy atom. The molecule has 0 amide bonds. The van der Waals surface area contributed by atoms with Gasteiger partial charge in [-0.15, -0.1) is 0 Å². The molecule has 3 rings (SSSR count). The van der Waals surface area contributed by atoms with Crippen molar-refractivity contribution in [2.45, 2.75) is 24.9 Å². The van der Waals surface area contributed by atoms with Crippen molar-refractivity contribution in [3.63, 3.8) is 0 Å². The number of hydrogen-bond donors (Lipinski definition) is 1. The lowest BCUT2D eigenvalue weighted by Crippen LogP contribution is -2.58. The molecular weight excluding hydrogens is 257 g/mol. The summed E-state index contributed by atoms with van der Waals surface area (Å²) >= 11 is 0. The van der Waals surface area contributed by atoms with E-state index in [1.807, 2.05) is 0 Å². The number of ether oxygens (including phenoxy) is 1. The van der Waals surface area contributed by atoms with E-state index in [-0.39, 0.29) is 17.6 Å². The number of likely N-dealkylation sites (tertiary alicyclic amines) is 1. The van der Waals surface area contributed by atoms with Crippen LogP contribution in [0, 0.1) is 17.7 Å². The second-order valence-electron chi connectivity index (χ2n) is 6.18. The molecule has 110 valence electrons. The highest BCUT2D eigenvalue weighted by molar-refractivity contribution is 5.36. The third-order valence-corrected chi connectivity index (χ3v) is 5.12. The minimum atomic E-state index is -0.590. The van der Waals surface area contributed by atoms with Crippen molar-refractivity contribution in [2.75, 3.05) is 27.2 Å². The van der Waals surface area contributed by atoms with Gasteiger partial charge in [0.05, 0.1) is 0 Å². The number of rotatable bonds is 2. The standard InChI is InChI=1S/C16H22FNO2/c1-18-9-11-5-3-6-12(10-18)16(11,20-2)13-7-4-8-14(19)15(13)17/h4,7-8,11-12,19H,3,5-6,9-10H2,1-2H3/t11-,12+,16+. The summed E-state index contributed by atoms with van der Waals surface area (Å²) in [7, 11) is 3.80. The van der Waals surface area contributed by atoms with Crippen LogP contribution >= 0.6 is 0 Å². The van der Waals surface area contributed by atoms with E-state index in [4.69, 9.17) is 4.74 Å². The van der Waals surface area contributed by atoms with E-state index in [1.54, 1.807) is 19.2 Å². The van der Waals surface area contributed by atoms with Crippen molar-refractivity contribution < 1.29 is 14.2 Å². The topological polar surface area (TPSA) is 32.7 Å². The van der Waals surface area contributed by atoms with Gasteiger partial charge in [-0.05, 0) is 26.0 Å². The Bertz CT molecular complexity index is 491. The van der Waals surface area contributed by atoms with Crippen LogP contribution in [0.3, 0.4) is 0 Å². The molecule has 0 radical (unpaired) electrons. The molecule has 1 aromatic rings. The van der Waals surface area contributed by atoms with Crippen LogP contribution in [-0.2, 0) is 10.3 Å². The zero-order valence-corrected chi connectivity index (χ0v) is 12.1. The predicted molar refractivity (Wildman–Crippen MR) is 75.1 cm³/mol. The van der Waals surface area contributed by atoms with E-state index in [0.29, 0.717) is 5.56 Å². The number of benzene rings is 1. The van der Waals surface area contributed by atoms with Gasteiger partial charge in [-0.3, -0.25) is 0 Å². The van der Waals surface area contributed by atoms with Crippen LogP contribution in [0.2, 0.25) is 0 Å². The molecule has 1 aliphatic carbocycles. The summed E-state index contributed by atoms with van der Waals surface area (Å²) in [5.74, 6) is -0.241. The minimum Gasteiger partial charge on any atom is -0.505 e. The molecular formula is C16H22FNO2. The summed E-state index contributed by atoms with van der Waals surface area (Å²) in [4.78, 5) is 2.31. The molecule has 2 aliphatic rings. The van der Waals surface area contributed by atoms with E-state index in [1.165, 1.54) is 12.5 Å². The molecule has 1 N–H and O–H groups in total. The fourth-order valence-corrected chi connectivity index (χ4v) is 4.36. The van der Waals surface area contributed by atoms with Crippen LogP contribution < -0.4 is 0 Å². The molecule has 2 fully saturated rings. The molecule has 0 spiro atoms. The van der Waals surface area contributed by atoms with Gasteiger partial charge in [-0.25, -0.2) is 4.39 Å². The van der Waals surface area contributed by atoms with Crippen LogP contribution in [-0.4, -0.2) is 37.3 Å².